The highest BCUT2D eigenvalue weighted by atomic mass is 16.3. The first-order valence-corrected chi connectivity index (χ1v) is 15.8. The number of anilines is 2. The molecule has 8 heteroatoms. The van der Waals surface area contributed by atoms with Gasteiger partial charge in [-0.2, -0.15) is 0 Å². The topological polar surface area (TPSA) is 97.8 Å². The fraction of sp³-hybridized carbons (Fsp3) is 0.324. The van der Waals surface area contributed by atoms with E-state index in [4.69, 9.17) is 4.98 Å². The molecule has 0 fully saturated rings. The molecule has 1 aliphatic carbocycles. The SMILES string of the molecule is CCN(CC)c1ccc(NC(=O)c2cccc(C(=O)N(C)CCO)c2)c(-c2cc(CNC3CCCc4ccccc43)ccn2)c1. The largest absolute Gasteiger partial charge is 0.395 e. The number of carbonyl (C=O) groups excluding carboxylic acids is 2. The summed E-state index contributed by atoms with van der Waals surface area (Å²) >= 11 is 0. The van der Waals surface area contributed by atoms with E-state index in [1.54, 1.807) is 31.3 Å². The quantitative estimate of drug-likeness (QED) is 0.181. The highest BCUT2D eigenvalue weighted by Crippen LogP contribution is 2.33. The second kappa shape index (κ2) is 15.0. The number of benzene rings is 3. The van der Waals surface area contributed by atoms with E-state index < -0.39 is 0 Å². The molecule has 3 N–H and O–H groups in total. The smallest absolute Gasteiger partial charge is 0.255 e. The first kappa shape index (κ1) is 31.9. The Morgan fingerprint density at radius 1 is 0.956 bits per heavy atom. The van der Waals surface area contributed by atoms with Crippen molar-refractivity contribution in [2.24, 2.45) is 0 Å². The van der Waals surface area contributed by atoms with Crippen molar-refractivity contribution in [2.75, 3.05) is 43.5 Å². The number of nitrogens with zero attached hydrogens (tertiary/aromatic N) is 3. The number of fused-ring (bicyclic) bond motifs is 1. The predicted molar refractivity (Wildman–Crippen MR) is 181 cm³/mol. The van der Waals surface area contributed by atoms with Crippen LogP contribution >= 0.6 is 0 Å². The summed E-state index contributed by atoms with van der Waals surface area (Å²) in [6.07, 6.45) is 5.25. The molecule has 5 rings (SSSR count). The van der Waals surface area contributed by atoms with Crippen LogP contribution in [0.15, 0.2) is 85.1 Å². The van der Waals surface area contributed by atoms with Crippen molar-refractivity contribution in [3.63, 3.8) is 0 Å². The first-order chi connectivity index (χ1) is 21.9. The van der Waals surface area contributed by atoms with E-state index in [2.05, 4.69) is 65.8 Å². The van der Waals surface area contributed by atoms with Crippen LogP contribution in [-0.2, 0) is 13.0 Å². The summed E-state index contributed by atoms with van der Waals surface area (Å²) in [5, 5.41) is 16.1. The van der Waals surface area contributed by atoms with Crippen molar-refractivity contribution in [3.05, 3.63) is 113 Å². The number of likely N-dealkylation sites (N-methyl/N-ethyl adjacent to an activating group) is 1. The summed E-state index contributed by atoms with van der Waals surface area (Å²) in [5.41, 5.74) is 7.99. The zero-order valence-electron chi connectivity index (χ0n) is 26.4. The molecule has 0 bridgehead atoms. The third-order valence-corrected chi connectivity index (χ3v) is 8.56. The Hall–Kier alpha value is -4.53. The van der Waals surface area contributed by atoms with Gasteiger partial charge in [0.2, 0.25) is 0 Å². The average Bonchev–Trinajstić information content (AvgIpc) is 3.08. The molecule has 1 heterocycles. The number of aliphatic hydroxyl groups excluding tert-OH is 1. The Labute approximate surface area is 266 Å². The van der Waals surface area contributed by atoms with Crippen LogP contribution in [-0.4, -0.2) is 60.1 Å². The van der Waals surface area contributed by atoms with Crippen LogP contribution in [0.5, 0.6) is 0 Å². The molecule has 8 nitrogen and oxygen atoms in total. The van der Waals surface area contributed by atoms with Crippen LogP contribution in [0.3, 0.4) is 0 Å². The molecule has 234 valence electrons. The van der Waals surface area contributed by atoms with Crippen LogP contribution in [0.25, 0.3) is 11.3 Å². The molecule has 3 aromatic carbocycles. The number of hydrogen-bond donors (Lipinski definition) is 3. The van der Waals surface area contributed by atoms with E-state index in [0.717, 1.165) is 48.4 Å². The number of aromatic nitrogens is 1. The van der Waals surface area contributed by atoms with Gasteiger partial charge < -0.3 is 25.5 Å². The van der Waals surface area contributed by atoms with Gasteiger partial charge in [0, 0.05) is 67.8 Å². The maximum atomic E-state index is 13.5. The number of nitrogens with one attached hydrogen (secondary N) is 2. The number of hydrogen-bond acceptors (Lipinski definition) is 6. The third kappa shape index (κ3) is 7.59. The Balaban J connectivity index is 1.41. The Morgan fingerprint density at radius 3 is 2.56 bits per heavy atom. The second-order valence-corrected chi connectivity index (χ2v) is 11.5. The number of amides is 2. The molecule has 0 aliphatic heterocycles. The first-order valence-electron chi connectivity index (χ1n) is 15.8. The molecule has 1 unspecified atom stereocenters. The van der Waals surface area contributed by atoms with Gasteiger partial charge >= 0.3 is 0 Å². The van der Waals surface area contributed by atoms with Crippen molar-refractivity contribution < 1.29 is 14.7 Å². The number of aryl methyl sites for hydroxylation is 1. The molecule has 1 atom stereocenters. The van der Waals surface area contributed by atoms with E-state index >= 15 is 0 Å². The fourth-order valence-electron chi connectivity index (χ4n) is 6.04. The van der Waals surface area contributed by atoms with E-state index in [1.807, 2.05) is 24.4 Å². The number of pyridine rings is 1. The van der Waals surface area contributed by atoms with Crippen LogP contribution in [0.2, 0.25) is 0 Å². The van der Waals surface area contributed by atoms with Crippen LogP contribution in [0.4, 0.5) is 11.4 Å². The molecular weight excluding hydrogens is 562 g/mol. The molecule has 45 heavy (non-hydrogen) atoms. The minimum Gasteiger partial charge on any atom is -0.395 e. The number of rotatable bonds is 12. The normalized spacial score (nSPS) is 14.0. The molecule has 4 aromatic rings. The molecule has 0 saturated carbocycles. The van der Waals surface area contributed by atoms with Gasteiger partial charge in [-0.15, -0.1) is 0 Å². The highest BCUT2D eigenvalue weighted by molar-refractivity contribution is 6.08. The summed E-state index contributed by atoms with van der Waals surface area (Å²) in [6.45, 7) is 6.75. The lowest BCUT2D eigenvalue weighted by atomic mass is 9.87. The lowest BCUT2D eigenvalue weighted by Gasteiger charge is -2.26. The Bertz CT molecular complexity index is 1630. The molecule has 0 radical (unpaired) electrons. The van der Waals surface area contributed by atoms with Crippen LogP contribution < -0.4 is 15.5 Å². The molecule has 1 aliphatic rings. The summed E-state index contributed by atoms with van der Waals surface area (Å²) in [4.78, 5) is 34.7. The number of aliphatic hydroxyl groups is 1. The zero-order chi connectivity index (χ0) is 31.8. The van der Waals surface area contributed by atoms with Gasteiger partial charge in [0.15, 0.2) is 0 Å². The Kier molecular flexibility index (Phi) is 10.6. The lowest BCUT2D eigenvalue weighted by molar-refractivity contribution is 0.0767. The van der Waals surface area contributed by atoms with Gasteiger partial charge in [0.05, 0.1) is 18.0 Å². The second-order valence-electron chi connectivity index (χ2n) is 11.5. The van der Waals surface area contributed by atoms with Crippen molar-refractivity contribution in [2.45, 2.75) is 45.7 Å². The zero-order valence-corrected chi connectivity index (χ0v) is 26.4. The van der Waals surface area contributed by atoms with Gasteiger partial charge in [-0.1, -0.05) is 30.3 Å². The average molecular weight is 606 g/mol. The monoisotopic (exact) mass is 605 g/mol. The van der Waals surface area contributed by atoms with Crippen molar-refractivity contribution in [1.29, 1.82) is 0 Å². The van der Waals surface area contributed by atoms with Gasteiger partial charge in [-0.05, 0) is 98.3 Å². The minimum atomic E-state index is -0.319. The summed E-state index contributed by atoms with van der Waals surface area (Å²) in [6, 6.07) is 25.8. The van der Waals surface area contributed by atoms with Gasteiger partial charge in [0.25, 0.3) is 11.8 Å². The van der Waals surface area contributed by atoms with E-state index in [-0.39, 0.29) is 25.0 Å². The standard InChI is InChI=1S/C37H43N5O3/c1-4-42(5-2)30-16-17-34(40-36(44)28-12-8-13-29(23-28)37(45)41(3)20-21-43)32(24-30)35-22-26(18-19-38-35)25-39-33-15-9-11-27-10-6-7-14-31(27)33/h6-8,10,12-14,16-19,22-24,33,39,43H,4-5,9,11,15,20-21,25H2,1-3H3,(H,40,44). The van der Waals surface area contributed by atoms with E-state index in [1.165, 1.54) is 22.4 Å². The van der Waals surface area contributed by atoms with Gasteiger partial charge in [-0.25, -0.2) is 0 Å². The van der Waals surface area contributed by atoms with Gasteiger partial charge in [0.1, 0.15) is 0 Å². The van der Waals surface area contributed by atoms with Crippen molar-refractivity contribution in [1.82, 2.24) is 15.2 Å². The molecule has 1 aromatic heterocycles. The lowest BCUT2D eigenvalue weighted by Crippen LogP contribution is -2.29. The highest BCUT2D eigenvalue weighted by Gasteiger charge is 2.20. The third-order valence-electron chi connectivity index (χ3n) is 8.56. The Morgan fingerprint density at radius 2 is 1.76 bits per heavy atom. The molecule has 2 amide bonds. The van der Waals surface area contributed by atoms with Gasteiger partial charge in [-0.3, -0.25) is 14.6 Å². The van der Waals surface area contributed by atoms with Crippen LogP contribution in [0, 0.1) is 0 Å². The maximum Gasteiger partial charge on any atom is 0.255 e. The minimum absolute atomic E-state index is 0.130. The van der Waals surface area contributed by atoms with E-state index in [0.29, 0.717) is 29.4 Å². The van der Waals surface area contributed by atoms with Crippen molar-refractivity contribution in [3.8, 4) is 11.3 Å². The molecule has 0 spiro atoms. The van der Waals surface area contributed by atoms with Crippen molar-refractivity contribution >= 4 is 23.2 Å². The predicted octanol–water partition coefficient (Wildman–Crippen LogP) is 6.08. The van der Waals surface area contributed by atoms with Crippen LogP contribution in [0.1, 0.15) is 70.1 Å². The summed E-state index contributed by atoms with van der Waals surface area (Å²) in [7, 11) is 1.62. The summed E-state index contributed by atoms with van der Waals surface area (Å²) < 4.78 is 0. The van der Waals surface area contributed by atoms with E-state index in [9.17, 15) is 14.7 Å². The summed E-state index contributed by atoms with van der Waals surface area (Å²) in [5.74, 6) is -0.575. The molecule has 0 saturated heterocycles. The molecular formula is C37H43N5O3. The maximum absolute atomic E-state index is 13.5. The fourth-order valence-corrected chi connectivity index (χ4v) is 6.04. The number of carbonyl (C=O) groups is 2.